The summed E-state index contributed by atoms with van der Waals surface area (Å²) in [5.74, 6) is -0.0276. The van der Waals surface area contributed by atoms with E-state index in [0.29, 0.717) is 25.2 Å². The minimum atomic E-state index is -3.19. The first-order valence-electron chi connectivity index (χ1n) is 7.39. The maximum atomic E-state index is 12.1. The van der Waals surface area contributed by atoms with Crippen molar-refractivity contribution in [2.45, 2.75) is 13.0 Å². The zero-order valence-corrected chi connectivity index (χ0v) is 14.1. The van der Waals surface area contributed by atoms with Crippen LogP contribution in [0.5, 0.6) is 0 Å². The zero-order chi connectivity index (χ0) is 16.3. The summed E-state index contributed by atoms with van der Waals surface area (Å²) >= 11 is 0. The highest BCUT2D eigenvalue weighted by Crippen LogP contribution is 2.26. The molecule has 1 atom stereocenters. The van der Waals surface area contributed by atoms with Gasteiger partial charge in [-0.15, -0.1) is 0 Å². The van der Waals surface area contributed by atoms with Crippen molar-refractivity contribution in [2.75, 3.05) is 39.5 Å². The van der Waals surface area contributed by atoms with Crippen LogP contribution in [0.2, 0.25) is 0 Å². The van der Waals surface area contributed by atoms with Gasteiger partial charge in [-0.2, -0.15) is 4.31 Å². The third-order valence-corrected chi connectivity index (χ3v) is 5.98. The van der Waals surface area contributed by atoms with Gasteiger partial charge in [0.25, 0.3) is 5.91 Å². The van der Waals surface area contributed by atoms with Crippen molar-refractivity contribution in [3.05, 3.63) is 35.4 Å². The lowest BCUT2D eigenvalue weighted by atomic mass is 10.0. The number of likely N-dealkylation sites (N-methyl/N-ethyl adjacent to an activating group) is 1. The van der Waals surface area contributed by atoms with E-state index in [1.807, 2.05) is 25.2 Å². The van der Waals surface area contributed by atoms with E-state index >= 15 is 0 Å². The minimum Gasteiger partial charge on any atom is -0.355 e. The number of amides is 1. The third kappa shape index (κ3) is 3.48. The molecule has 1 saturated heterocycles. The first-order chi connectivity index (χ1) is 10.4. The third-order valence-electron chi connectivity index (χ3n) is 4.13. The second-order valence-electron chi connectivity index (χ2n) is 5.46. The van der Waals surface area contributed by atoms with E-state index in [-0.39, 0.29) is 17.7 Å². The number of nitrogens with zero attached hydrogens (tertiary/aromatic N) is 2. The topological polar surface area (TPSA) is 69.7 Å². The molecular formula is C15H23N3O3S. The number of rotatable bonds is 4. The molecular weight excluding hydrogens is 302 g/mol. The van der Waals surface area contributed by atoms with Crippen LogP contribution in [0.1, 0.15) is 28.9 Å². The molecule has 1 N–H and O–H groups in total. The molecule has 0 spiro atoms. The molecule has 0 radical (unpaired) electrons. The van der Waals surface area contributed by atoms with Crippen LogP contribution in [0, 0.1) is 0 Å². The number of sulfonamides is 1. The fourth-order valence-corrected chi connectivity index (χ4v) is 3.77. The Labute approximate surface area is 132 Å². The summed E-state index contributed by atoms with van der Waals surface area (Å²) in [5, 5.41) is 2.61. The number of hydrogen-bond acceptors (Lipinski definition) is 4. The van der Waals surface area contributed by atoms with Gasteiger partial charge in [0.05, 0.1) is 5.75 Å². The molecule has 1 heterocycles. The Morgan fingerprint density at radius 1 is 1.36 bits per heavy atom. The van der Waals surface area contributed by atoms with Gasteiger partial charge >= 0.3 is 0 Å². The van der Waals surface area contributed by atoms with Gasteiger partial charge in [-0.1, -0.05) is 12.1 Å². The van der Waals surface area contributed by atoms with Gasteiger partial charge in [0.15, 0.2) is 0 Å². The second kappa shape index (κ2) is 6.76. The molecule has 0 aromatic heterocycles. The number of nitrogens with one attached hydrogen (secondary N) is 1. The van der Waals surface area contributed by atoms with Crippen molar-refractivity contribution in [1.29, 1.82) is 0 Å². The molecule has 1 aromatic carbocycles. The van der Waals surface area contributed by atoms with Crippen LogP contribution < -0.4 is 5.32 Å². The number of hydrogen-bond donors (Lipinski definition) is 1. The van der Waals surface area contributed by atoms with E-state index in [9.17, 15) is 13.2 Å². The van der Waals surface area contributed by atoms with E-state index in [4.69, 9.17) is 0 Å². The summed E-state index contributed by atoms with van der Waals surface area (Å²) in [4.78, 5) is 13.9. The SMILES string of the molecule is CCS(=O)(=O)N1CCN(C)[C@H](c2cccc(C(=O)NC)c2)C1. The molecule has 22 heavy (non-hydrogen) atoms. The van der Waals surface area contributed by atoms with Crippen molar-refractivity contribution in [3.8, 4) is 0 Å². The lowest BCUT2D eigenvalue weighted by molar-refractivity contribution is 0.0962. The van der Waals surface area contributed by atoms with Crippen LogP contribution in [0.4, 0.5) is 0 Å². The van der Waals surface area contributed by atoms with Gasteiger partial charge in [0.1, 0.15) is 0 Å². The quantitative estimate of drug-likeness (QED) is 0.884. The fraction of sp³-hybridized carbons (Fsp3) is 0.533. The van der Waals surface area contributed by atoms with Crippen LogP contribution in [0.25, 0.3) is 0 Å². The summed E-state index contributed by atoms with van der Waals surface area (Å²) in [6, 6.07) is 7.32. The van der Waals surface area contributed by atoms with Gasteiger partial charge in [-0.05, 0) is 31.7 Å². The molecule has 2 rings (SSSR count). The van der Waals surface area contributed by atoms with Gasteiger partial charge in [0, 0.05) is 38.3 Å². The Morgan fingerprint density at radius 3 is 2.73 bits per heavy atom. The predicted octanol–water partition coefficient (Wildman–Crippen LogP) is 0.684. The lowest BCUT2D eigenvalue weighted by Gasteiger charge is -2.39. The number of carbonyl (C=O) groups is 1. The molecule has 1 aromatic rings. The summed E-state index contributed by atoms with van der Waals surface area (Å²) in [6.45, 7) is 3.27. The van der Waals surface area contributed by atoms with E-state index in [1.165, 1.54) is 0 Å². The highest BCUT2D eigenvalue weighted by molar-refractivity contribution is 7.89. The summed E-state index contributed by atoms with van der Waals surface area (Å²) in [6.07, 6.45) is 0. The van der Waals surface area contributed by atoms with Crippen LogP contribution in [0.3, 0.4) is 0 Å². The molecule has 1 aliphatic heterocycles. The van der Waals surface area contributed by atoms with Crippen molar-refractivity contribution in [2.24, 2.45) is 0 Å². The highest BCUT2D eigenvalue weighted by Gasteiger charge is 2.31. The van der Waals surface area contributed by atoms with Crippen LogP contribution in [0.15, 0.2) is 24.3 Å². The van der Waals surface area contributed by atoms with Gasteiger partial charge in [0.2, 0.25) is 10.0 Å². The maximum absolute atomic E-state index is 12.1. The normalized spacial score (nSPS) is 20.8. The standard InChI is InChI=1S/C15H23N3O3S/c1-4-22(20,21)18-9-8-17(3)14(11-18)12-6-5-7-13(10-12)15(19)16-2/h5-7,10,14H,4,8-9,11H2,1-3H3,(H,16,19)/t14-/m0/s1. The Bertz CT molecular complexity index is 645. The molecule has 0 aliphatic carbocycles. The zero-order valence-electron chi connectivity index (χ0n) is 13.2. The Morgan fingerprint density at radius 2 is 2.09 bits per heavy atom. The summed E-state index contributed by atoms with van der Waals surface area (Å²) in [5.41, 5.74) is 1.54. The average molecular weight is 325 g/mol. The highest BCUT2D eigenvalue weighted by atomic mass is 32.2. The van der Waals surface area contributed by atoms with Gasteiger partial charge in [-0.3, -0.25) is 9.69 Å². The summed E-state index contributed by atoms with van der Waals surface area (Å²) in [7, 11) is 0.385. The van der Waals surface area contributed by atoms with Crippen molar-refractivity contribution < 1.29 is 13.2 Å². The fourth-order valence-electron chi connectivity index (χ4n) is 2.68. The van der Waals surface area contributed by atoms with Crippen LogP contribution in [-0.4, -0.2) is 63.0 Å². The Kier molecular flexibility index (Phi) is 5.20. The molecule has 122 valence electrons. The van der Waals surface area contributed by atoms with Crippen LogP contribution in [-0.2, 0) is 10.0 Å². The largest absolute Gasteiger partial charge is 0.355 e. The van der Waals surface area contributed by atoms with E-state index in [0.717, 1.165) is 5.56 Å². The number of benzene rings is 1. The summed E-state index contributed by atoms with van der Waals surface area (Å²) < 4.78 is 25.8. The van der Waals surface area contributed by atoms with E-state index < -0.39 is 10.0 Å². The molecule has 6 nitrogen and oxygen atoms in total. The minimum absolute atomic E-state index is 0.0420. The molecule has 1 amide bonds. The van der Waals surface area contributed by atoms with Crippen molar-refractivity contribution >= 4 is 15.9 Å². The average Bonchev–Trinajstić information content (AvgIpc) is 2.54. The van der Waals surface area contributed by atoms with Gasteiger partial charge < -0.3 is 5.32 Å². The predicted molar refractivity (Wildman–Crippen MR) is 86.2 cm³/mol. The van der Waals surface area contributed by atoms with Crippen molar-refractivity contribution in [3.63, 3.8) is 0 Å². The van der Waals surface area contributed by atoms with Gasteiger partial charge in [-0.25, -0.2) is 8.42 Å². The first kappa shape index (κ1) is 16.9. The monoisotopic (exact) mass is 325 g/mol. The van der Waals surface area contributed by atoms with Crippen molar-refractivity contribution in [1.82, 2.24) is 14.5 Å². The first-order valence-corrected chi connectivity index (χ1v) is 9.00. The molecule has 7 heteroatoms. The molecule has 0 unspecified atom stereocenters. The Balaban J connectivity index is 2.28. The van der Waals surface area contributed by atoms with E-state index in [2.05, 4.69) is 10.2 Å². The Hall–Kier alpha value is -1.44. The second-order valence-corrected chi connectivity index (χ2v) is 7.72. The number of piperazine rings is 1. The number of carbonyl (C=O) groups excluding carboxylic acids is 1. The molecule has 1 aliphatic rings. The molecule has 1 fully saturated rings. The molecule has 0 bridgehead atoms. The van der Waals surface area contributed by atoms with E-state index in [1.54, 1.807) is 24.3 Å². The maximum Gasteiger partial charge on any atom is 0.251 e. The smallest absolute Gasteiger partial charge is 0.251 e. The van der Waals surface area contributed by atoms with Crippen LogP contribution >= 0.6 is 0 Å². The molecule has 0 saturated carbocycles. The lowest BCUT2D eigenvalue weighted by Crippen LogP contribution is -2.49.